The van der Waals surface area contributed by atoms with E-state index in [1.54, 1.807) is 13.0 Å². The van der Waals surface area contributed by atoms with Gasteiger partial charge >= 0.3 is 0 Å². The number of sulfonamides is 1. The number of benzene rings is 3. The van der Waals surface area contributed by atoms with Gasteiger partial charge in [-0.25, -0.2) is 13.1 Å². The first-order valence-corrected chi connectivity index (χ1v) is 11.8. The Bertz CT molecular complexity index is 1240. The summed E-state index contributed by atoms with van der Waals surface area (Å²) in [5, 5.41) is 0. The molecule has 0 spiro atoms. The summed E-state index contributed by atoms with van der Waals surface area (Å²) in [6, 6.07) is 20.5. The highest BCUT2D eigenvalue weighted by atomic mass is 32.2. The van der Waals surface area contributed by atoms with Crippen LogP contribution in [0.3, 0.4) is 0 Å². The number of hydrogen-bond donors (Lipinski definition) is 1. The third-order valence-corrected chi connectivity index (χ3v) is 7.25. The van der Waals surface area contributed by atoms with E-state index in [0.29, 0.717) is 16.0 Å². The second-order valence-corrected chi connectivity index (χ2v) is 9.89. The predicted octanol–water partition coefficient (Wildman–Crippen LogP) is 4.37. The number of nitrogens with one attached hydrogen (secondary N) is 1. The van der Waals surface area contributed by atoms with Gasteiger partial charge in [0, 0.05) is 23.8 Å². The fraction of sp³-hybridized carbons (Fsp3) is 0.240. The van der Waals surface area contributed by atoms with Crippen molar-refractivity contribution in [3.8, 4) is 0 Å². The van der Waals surface area contributed by atoms with E-state index in [2.05, 4.69) is 4.72 Å². The molecular weight excluding hydrogens is 408 g/mol. The van der Waals surface area contributed by atoms with Crippen LogP contribution in [0.1, 0.15) is 39.5 Å². The van der Waals surface area contributed by atoms with Gasteiger partial charge in [-0.05, 0) is 73.7 Å². The lowest BCUT2D eigenvalue weighted by Gasteiger charge is -2.23. The minimum absolute atomic E-state index is 0.0417. The fourth-order valence-electron chi connectivity index (χ4n) is 4.05. The molecule has 3 aromatic carbocycles. The first-order chi connectivity index (χ1) is 14.8. The summed E-state index contributed by atoms with van der Waals surface area (Å²) in [5.74, 6) is -0.0417. The molecule has 0 saturated carbocycles. The van der Waals surface area contributed by atoms with Crippen LogP contribution < -0.4 is 9.62 Å². The molecular formula is C25H26N2O3S. The molecule has 1 N–H and O–H groups in total. The third-order valence-electron chi connectivity index (χ3n) is 5.70. The molecule has 6 heteroatoms. The maximum absolute atomic E-state index is 13.1. The van der Waals surface area contributed by atoms with Crippen LogP contribution in [0.25, 0.3) is 0 Å². The smallest absolute Gasteiger partial charge is 0.258 e. The Hall–Kier alpha value is -2.96. The lowest BCUT2D eigenvalue weighted by atomic mass is 10.1. The van der Waals surface area contributed by atoms with Gasteiger partial charge in [-0.15, -0.1) is 0 Å². The van der Waals surface area contributed by atoms with Gasteiger partial charge in [-0.3, -0.25) is 4.79 Å². The van der Waals surface area contributed by atoms with Crippen molar-refractivity contribution in [3.63, 3.8) is 0 Å². The predicted molar refractivity (Wildman–Crippen MR) is 123 cm³/mol. The van der Waals surface area contributed by atoms with Crippen molar-refractivity contribution >= 4 is 21.6 Å². The number of carbonyl (C=O) groups is 1. The van der Waals surface area contributed by atoms with E-state index >= 15 is 0 Å². The number of nitrogens with zero attached hydrogens (tertiary/aromatic N) is 1. The molecule has 1 atom stereocenters. The summed E-state index contributed by atoms with van der Waals surface area (Å²) in [5.41, 5.74) is 5.01. The molecule has 0 saturated heterocycles. The van der Waals surface area contributed by atoms with Gasteiger partial charge < -0.3 is 4.90 Å². The van der Waals surface area contributed by atoms with Gasteiger partial charge in [0.2, 0.25) is 10.0 Å². The van der Waals surface area contributed by atoms with Gasteiger partial charge in [0.15, 0.2) is 0 Å². The summed E-state index contributed by atoms with van der Waals surface area (Å²) in [6.07, 6.45) is 0.780. The van der Waals surface area contributed by atoms with Crippen LogP contribution in [0.4, 0.5) is 5.69 Å². The molecule has 3 aromatic rings. The van der Waals surface area contributed by atoms with Crippen LogP contribution in [-0.2, 0) is 23.0 Å². The summed E-state index contributed by atoms with van der Waals surface area (Å²) < 4.78 is 28.4. The first kappa shape index (κ1) is 21.3. The summed E-state index contributed by atoms with van der Waals surface area (Å²) >= 11 is 0. The molecule has 160 valence electrons. The zero-order valence-corrected chi connectivity index (χ0v) is 18.7. The Balaban J connectivity index is 1.58. The first-order valence-electron chi connectivity index (χ1n) is 10.3. The molecule has 1 aliphatic heterocycles. The molecule has 0 bridgehead atoms. The number of fused-ring (bicyclic) bond motifs is 1. The highest BCUT2D eigenvalue weighted by molar-refractivity contribution is 7.89. The standard InChI is InChI=1S/C25H26N2O3S/c1-17-9-10-18(2)24(13-17)31(29,30)26-16-20-11-12-22-14-19(3)27(23(22)15-20)25(28)21-7-5-4-6-8-21/h4-13,15,19,26H,14,16H2,1-3H3. The van der Waals surface area contributed by atoms with Crippen molar-refractivity contribution in [2.24, 2.45) is 0 Å². The average molecular weight is 435 g/mol. The molecule has 1 heterocycles. The maximum Gasteiger partial charge on any atom is 0.258 e. The highest BCUT2D eigenvalue weighted by Crippen LogP contribution is 2.34. The van der Waals surface area contributed by atoms with E-state index in [0.717, 1.165) is 28.8 Å². The average Bonchev–Trinajstić information content (AvgIpc) is 3.09. The second-order valence-electron chi connectivity index (χ2n) is 8.15. The molecule has 1 unspecified atom stereocenters. The highest BCUT2D eigenvalue weighted by Gasteiger charge is 2.31. The van der Waals surface area contributed by atoms with Crippen LogP contribution >= 0.6 is 0 Å². The van der Waals surface area contributed by atoms with Crippen LogP contribution in [0, 0.1) is 13.8 Å². The van der Waals surface area contributed by atoms with E-state index in [1.807, 2.05) is 79.4 Å². The van der Waals surface area contributed by atoms with Crippen molar-refractivity contribution < 1.29 is 13.2 Å². The van der Waals surface area contributed by atoms with Gasteiger partial charge in [0.25, 0.3) is 5.91 Å². The molecule has 0 radical (unpaired) electrons. The minimum atomic E-state index is -3.64. The molecule has 0 aromatic heterocycles. The number of hydrogen-bond acceptors (Lipinski definition) is 3. The fourth-order valence-corrected chi connectivity index (χ4v) is 5.39. The number of aryl methyl sites for hydroxylation is 2. The molecule has 0 fully saturated rings. The van der Waals surface area contributed by atoms with Gasteiger partial charge in [0.1, 0.15) is 0 Å². The zero-order valence-electron chi connectivity index (χ0n) is 17.9. The molecule has 4 rings (SSSR count). The summed E-state index contributed by atoms with van der Waals surface area (Å²) in [7, 11) is -3.64. The van der Waals surface area contributed by atoms with Crippen LogP contribution in [-0.4, -0.2) is 20.4 Å². The zero-order chi connectivity index (χ0) is 22.2. The number of anilines is 1. The Kier molecular flexibility index (Phi) is 5.69. The summed E-state index contributed by atoms with van der Waals surface area (Å²) in [4.78, 5) is 15.2. The lowest BCUT2D eigenvalue weighted by molar-refractivity contribution is 0.0981. The number of rotatable bonds is 5. The van der Waals surface area contributed by atoms with E-state index in [4.69, 9.17) is 0 Å². The largest absolute Gasteiger partial charge is 0.305 e. The van der Waals surface area contributed by atoms with Crippen LogP contribution in [0.15, 0.2) is 71.6 Å². The van der Waals surface area contributed by atoms with Gasteiger partial charge in [-0.2, -0.15) is 0 Å². The topological polar surface area (TPSA) is 66.5 Å². The van der Waals surface area contributed by atoms with E-state index in [-0.39, 0.29) is 18.5 Å². The van der Waals surface area contributed by atoms with Crippen LogP contribution in [0.5, 0.6) is 0 Å². The second kappa shape index (κ2) is 8.29. The van der Waals surface area contributed by atoms with Crippen molar-refractivity contribution in [2.75, 3.05) is 4.90 Å². The maximum atomic E-state index is 13.1. The molecule has 31 heavy (non-hydrogen) atoms. The molecule has 0 aliphatic carbocycles. The van der Waals surface area contributed by atoms with E-state index in [1.165, 1.54) is 0 Å². The third kappa shape index (κ3) is 4.27. The number of carbonyl (C=O) groups excluding carboxylic acids is 1. The van der Waals surface area contributed by atoms with E-state index < -0.39 is 10.0 Å². The minimum Gasteiger partial charge on any atom is -0.305 e. The quantitative estimate of drug-likeness (QED) is 0.648. The number of amides is 1. The Morgan fingerprint density at radius 2 is 1.77 bits per heavy atom. The van der Waals surface area contributed by atoms with E-state index in [9.17, 15) is 13.2 Å². The van der Waals surface area contributed by atoms with Crippen molar-refractivity contribution in [1.82, 2.24) is 4.72 Å². The SMILES string of the molecule is Cc1ccc(C)c(S(=O)(=O)NCc2ccc3c(c2)N(C(=O)c2ccccc2)C(C)C3)c1. The monoisotopic (exact) mass is 434 g/mol. The Morgan fingerprint density at radius 1 is 1.03 bits per heavy atom. The van der Waals surface area contributed by atoms with Gasteiger partial charge in [0.05, 0.1) is 4.90 Å². The Morgan fingerprint density at radius 3 is 2.52 bits per heavy atom. The van der Waals surface area contributed by atoms with Crippen LogP contribution in [0.2, 0.25) is 0 Å². The lowest BCUT2D eigenvalue weighted by Crippen LogP contribution is -2.35. The Labute approximate surface area is 183 Å². The van der Waals surface area contributed by atoms with Crippen molar-refractivity contribution in [1.29, 1.82) is 0 Å². The molecule has 5 nitrogen and oxygen atoms in total. The van der Waals surface area contributed by atoms with Gasteiger partial charge in [-0.1, -0.05) is 42.5 Å². The normalized spacial score (nSPS) is 15.7. The van der Waals surface area contributed by atoms with Crippen molar-refractivity contribution in [2.45, 2.75) is 44.7 Å². The summed E-state index contributed by atoms with van der Waals surface area (Å²) in [6.45, 7) is 5.85. The molecule has 1 aliphatic rings. The molecule has 1 amide bonds. The van der Waals surface area contributed by atoms with Crippen molar-refractivity contribution in [3.05, 3.63) is 94.5 Å².